The number of ether oxygens (including phenoxy) is 1. The van der Waals surface area contributed by atoms with E-state index in [1.807, 2.05) is 6.07 Å². The second-order valence-corrected chi connectivity index (χ2v) is 4.57. The normalized spacial score (nSPS) is 18.9. The molecule has 0 bridgehead atoms. The van der Waals surface area contributed by atoms with E-state index in [9.17, 15) is 4.39 Å². The largest absolute Gasteiger partial charge is 0.411 e. The molecule has 1 aromatic carbocycles. The molecule has 0 radical (unpaired) electrons. The summed E-state index contributed by atoms with van der Waals surface area (Å²) in [6.45, 7) is 0.164. The molecule has 0 spiro atoms. The third kappa shape index (κ3) is 3.30. The second-order valence-electron chi connectivity index (χ2n) is 4.57. The van der Waals surface area contributed by atoms with Crippen molar-refractivity contribution in [3.63, 3.8) is 0 Å². The predicted molar refractivity (Wildman–Crippen MR) is 67.4 cm³/mol. The average molecular weight is 262 g/mol. The Bertz CT molecular complexity index is 513. The lowest BCUT2D eigenvalue weighted by atomic mass is 9.96. The quantitative estimate of drug-likeness (QED) is 0.672. The summed E-state index contributed by atoms with van der Waals surface area (Å²) in [6, 6.07) is 6.54. The van der Waals surface area contributed by atoms with Gasteiger partial charge in [-0.1, -0.05) is 17.3 Å². The van der Waals surface area contributed by atoms with Crippen LogP contribution in [-0.2, 0) is 11.3 Å². The van der Waals surface area contributed by atoms with Crippen LogP contribution in [0, 0.1) is 17.1 Å². The molecular weight excluding hydrogens is 247 g/mol. The summed E-state index contributed by atoms with van der Waals surface area (Å²) in [5.74, 6) is -0.501. The van der Waals surface area contributed by atoms with Gasteiger partial charge in [-0.2, -0.15) is 5.26 Å². The van der Waals surface area contributed by atoms with Crippen molar-refractivity contribution in [2.24, 2.45) is 5.16 Å². The molecule has 0 atom stereocenters. The Morgan fingerprint density at radius 2 is 2.16 bits per heavy atom. The Labute approximate surface area is 111 Å². The zero-order valence-electron chi connectivity index (χ0n) is 10.5. The summed E-state index contributed by atoms with van der Waals surface area (Å²) in [7, 11) is 0. The van der Waals surface area contributed by atoms with Crippen LogP contribution in [0.15, 0.2) is 23.4 Å². The number of benzene rings is 1. The van der Waals surface area contributed by atoms with Gasteiger partial charge in [0.15, 0.2) is 0 Å². The van der Waals surface area contributed by atoms with Gasteiger partial charge in [-0.3, -0.25) is 0 Å². The SMILES string of the molecule is N#Cc1cccc(COC2CCC(=NO)CC2)c1F. The van der Waals surface area contributed by atoms with Crippen molar-refractivity contribution in [3.05, 3.63) is 35.1 Å². The lowest BCUT2D eigenvalue weighted by Gasteiger charge is -2.22. The molecule has 0 unspecified atom stereocenters. The van der Waals surface area contributed by atoms with E-state index in [1.165, 1.54) is 6.07 Å². The molecule has 5 heteroatoms. The third-order valence-corrected chi connectivity index (χ3v) is 3.32. The van der Waals surface area contributed by atoms with E-state index < -0.39 is 5.82 Å². The Kier molecular flexibility index (Phi) is 4.48. The molecule has 1 aliphatic carbocycles. The number of halogens is 1. The molecule has 1 aliphatic rings. The van der Waals surface area contributed by atoms with Crippen LogP contribution in [0.2, 0.25) is 0 Å². The lowest BCUT2D eigenvalue weighted by Crippen LogP contribution is -2.21. The van der Waals surface area contributed by atoms with Crippen molar-refractivity contribution in [1.29, 1.82) is 5.26 Å². The molecule has 1 saturated carbocycles. The highest BCUT2D eigenvalue weighted by Gasteiger charge is 2.19. The Morgan fingerprint density at radius 3 is 2.79 bits per heavy atom. The van der Waals surface area contributed by atoms with Gasteiger partial charge in [-0.15, -0.1) is 0 Å². The summed E-state index contributed by atoms with van der Waals surface area (Å²) in [4.78, 5) is 0. The molecule has 19 heavy (non-hydrogen) atoms. The molecule has 1 aromatic rings. The highest BCUT2D eigenvalue weighted by Crippen LogP contribution is 2.21. The van der Waals surface area contributed by atoms with Crippen LogP contribution in [-0.4, -0.2) is 17.0 Å². The zero-order chi connectivity index (χ0) is 13.7. The fourth-order valence-electron chi connectivity index (χ4n) is 2.18. The van der Waals surface area contributed by atoms with Crippen LogP contribution in [0.4, 0.5) is 4.39 Å². The summed E-state index contributed by atoms with van der Waals surface area (Å²) in [5, 5.41) is 20.6. The van der Waals surface area contributed by atoms with Crippen molar-refractivity contribution in [1.82, 2.24) is 0 Å². The van der Waals surface area contributed by atoms with E-state index in [-0.39, 0.29) is 18.3 Å². The van der Waals surface area contributed by atoms with Gasteiger partial charge in [0.2, 0.25) is 0 Å². The lowest BCUT2D eigenvalue weighted by molar-refractivity contribution is 0.0263. The Morgan fingerprint density at radius 1 is 1.42 bits per heavy atom. The van der Waals surface area contributed by atoms with Gasteiger partial charge in [0.05, 0.1) is 24.0 Å². The van der Waals surface area contributed by atoms with Gasteiger partial charge in [-0.25, -0.2) is 4.39 Å². The molecule has 0 heterocycles. The van der Waals surface area contributed by atoms with Crippen molar-refractivity contribution < 1.29 is 14.3 Å². The van der Waals surface area contributed by atoms with Crippen molar-refractivity contribution in [3.8, 4) is 6.07 Å². The van der Waals surface area contributed by atoms with Crippen LogP contribution in [0.3, 0.4) is 0 Å². The first-order chi connectivity index (χ1) is 9.24. The number of hydrogen-bond donors (Lipinski definition) is 1. The molecule has 2 rings (SSSR count). The molecular formula is C14H15FN2O2. The number of nitriles is 1. The maximum atomic E-state index is 13.8. The van der Waals surface area contributed by atoms with Gasteiger partial charge in [-0.05, 0) is 31.7 Å². The van der Waals surface area contributed by atoms with Crippen molar-refractivity contribution in [2.75, 3.05) is 0 Å². The van der Waals surface area contributed by atoms with Gasteiger partial charge < -0.3 is 9.94 Å². The van der Waals surface area contributed by atoms with Crippen molar-refractivity contribution in [2.45, 2.75) is 38.4 Å². The average Bonchev–Trinajstić information content (AvgIpc) is 2.47. The summed E-state index contributed by atoms with van der Waals surface area (Å²) < 4.78 is 19.4. The van der Waals surface area contributed by atoms with Crippen LogP contribution in [0.25, 0.3) is 0 Å². The van der Waals surface area contributed by atoms with E-state index in [2.05, 4.69) is 5.16 Å². The summed E-state index contributed by atoms with van der Waals surface area (Å²) >= 11 is 0. The van der Waals surface area contributed by atoms with Crippen LogP contribution >= 0.6 is 0 Å². The van der Waals surface area contributed by atoms with E-state index >= 15 is 0 Å². The van der Waals surface area contributed by atoms with Gasteiger partial charge in [0, 0.05) is 5.56 Å². The number of oxime groups is 1. The van der Waals surface area contributed by atoms with Gasteiger partial charge >= 0.3 is 0 Å². The van der Waals surface area contributed by atoms with E-state index in [1.54, 1.807) is 12.1 Å². The standard InChI is InChI=1S/C14H15FN2O2/c15-14-10(8-16)2-1-3-11(14)9-19-13-6-4-12(17-18)5-7-13/h1-3,13,18H,4-7,9H2. The molecule has 0 aliphatic heterocycles. The maximum absolute atomic E-state index is 13.8. The predicted octanol–water partition coefficient (Wildman–Crippen LogP) is 2.99. The second kappa shape index (κ2) is 6.30. The van der Waals surface area contributed by atoms with Gasteiger partial charge in [0.1, 0.15) is 11.9 Å². The fourth-order valence-corrected chi connectivity index (χ4v) is 2.18. The van der Waals surface area contributed by atoms with E-state index in [0.29, 0.717) is 18.4 Å². The third-order valence-electron chi connectivity index (χ3n) is 3.32. The first kappa shape index (κ1) is 13.5. The van der Waals surface area contributed by atoms with E-state index in [4.69, 9.17) is 15.2 Å². The van der Waals surface area contributed by atoms with Gasteiger partial charge in [0.25, 0.3) is 0 Å². The zero-order valence-corrected chi connectivity index (χ0v) is 10.5. The molecule has 1 fully saturated rings. The Balaban J connectivity index is 1.92. The minimum atomic E-state index is -0.501. The molecule has 1 N–H and O–H groups in total. The first-order valence-corrected chi connectivity index (χ1v) is 6.23. The molecule has 4 nitrogen and oxygen atoms in total. The van der Waals surface area contributed by atoms with Crippen LogP contribution < -0.4 is 0 Å². The molecule has 0 amide bonds. The molecule has 100 valence electrons. The van der Waals surface area contributed by atoms with Crippen LogP contribution in [0.5, 0.6) is 0 Å². The molecule has 0 aromatic heterocycles. The molecule has 0 saturated heterocycles. The number of nitrogens with zero attached hydrogens (tertiary/aromatic N) is 2. The minimum absolute atomic E-state index is 0.0412. The topological polar surface area (TPSA) is 65.6 Å². The minimum Gasteiger partial charge on any atom is -0.411 e. The number of hydrogen-bond acceptors (Lipinski definition) is 4. The highest BCUT2D eigenvalue weighted by atomic mass is 19.1. The maximum Gasteiger partial charge on any atom is 0.146 e. The summed E-state index contributed by atoms with van der Waals surface area (Å²) in [5.41, 5.74) is 1.23. The smallest absolute Gasteiger partial charge is 0.146 e. The number of rotatable bonds is 3. The Hall–Kier alpha value is -1.93. The monoisotopic (exact) mass is 262 g/mol. The summed E-state index contributed by atoms with van der Waals surface area (Å²) in [6.07, 6.45) is 3.03. The van der Waals surface area contributed by atoms with Crippen molar-refractivity contribution >= 4 is 5.71 Å². The first-order valence-electron chi connectivity index (χ1n) is 6.23. The highest BCUT2D eigenvalue weighted by molar-refractivity contribution is 5.84. The fraction of sp³-hybridized carbons (Fsp3) is 0.429. The van der Waals surface area contributed by atoms with Crippen LogP contribution in [0.1, 0.15) is 36.8 Å². The van der Waals surface area contributed by atoms with E-state index in [0.717, 1.165) is 18.6 Å².